The first-order valence-electron chi connectivity index (χ1n) is 10.8. The third-order valence-corrected chi connectivity index (χ3v) is 7.83. The molecule has 2 aromatic heterocycles. The van der Waals surface area contributed by atoms with E-state index in [1.807, 2.05) is 6.07 Å². The van der Waals surface area contributed by atoms with Gasteiger partial charge in [0, 0.05) is 28.9 Å². The smallest absolute Gasteiger partial charge is 0.352 e. The lowest BCUT2D eigenvalue weighted by molar-refractivity contribution is -0.689. The normalized spacial score (nSPS) is 19.5. The van der Waals surface area contributed by atoms with Gasteiger partial charge in [-0.25, -0.2) is 9.59 Å². The first kappa shape index (κ1) is 27.5. The summed E-state index contributed by atoms with van der Waals surface area (Å²) >= 11 is 5.46. The Balaban J connectivity index is 1.55. The molecule has 0 radical (unpaired) electrons. The lowest BCUT2D eigenvalue weighted by atomic mass is 10.0. The van der Waals surface area contributed by atoms with Crippen LogP contribution in [0.15, 0.2) is 45.4 Å². The van der Waals surface area contributed by atoms with E-state index in [0.29, 0.717) is 11.3 Å². The van der Waals surface area contributed by atoms with Crippen LogP contribution >= 0.6 is 39.2 Å². The maximum Gasteiger partial charge on any atom is 0.352 e. The summed E-state index contributed by atoms with van der Waals surface area (Å²) in [6.45, 7) is 2.71. The molecule has 0 saturated carbocycles. The van der Waals surface area contributed by atoms with Gasteiger partial charge < -0.3 is 26.1 Å². The fourth-order valence-corrected chi connectivity index (χ4v) is 5.72. The zero-order chi connectivity index (χ0) is 27.8. The molecule has 4 rings (SSSR count). The standard InChI is InChI=1S/C21H20BrN7O7S2/c1-21(2,19(34)35)36-26-11(14-25-20(23)38-27-14)15(30)24-12-16(31)29-13(18(32)33)9(8-37-17(12)29)6-28-5-3-4-10(22)7-28/h3-5,7,12,17H,6,8H2,1-2H3,(H4-,23,24,25,27,30,32,33,34,35)/p+1/b26-11-/t12-,17+/m1/s1. The van der Waals surface area contributed by atoms with Gasteiger partial charge in [0.15, 0.2) is 24.1 Å². The molecule has 0 unspecified atom stereocenters. The van der Waals surface area contributed by atoms with E-state index in [-0.39, 0.29) is 23.2 Å². The molecule has 2 atom stereocenters. The number of aliphatic carboxylic acids is 2. The number of carbonyl (C=O) groups excluding carboxylic acids is 2. The molecule has 200 valence electrons. The second-order valence-electron chi connectivity index (χ2n) is 8.62. The Morgan fingerprint density at radius 2 is 2.13 bits per heavy atom. The number of nitrogen functional groups attached to an aromatic ring is 1. The summed E-state index contributed by atoms with van der Waals surface area (Å²) < 4.78 is 6.52. The summed E-state index contributed by atoms with van der Waals surface area (Å²) in [6, 6.07) is 2.56. The van der Waals surface area contributed by atoms with Gasteiger partial charge >= 0.3 is 11.9 Å². The summed E-state index contributed by atoms with van der Waals surface area (Å²) in [4.78, 5) is 59.8. The average molecular weight is 627 g/mol. The highest BCUT2D eigenvalue weighted by Gasteiger charge is 2.55. The fraction of sp³-hybridized carbons (Fsp3) is 0.333. The number of rotatable bonds is 9. The van der Waals surface area contributed by atoms with Gasteiger partial charge in [-0.15, -0.1) is 11.8 Å². The van der Waals surface area contributed by atoms with Crippen molar-refractivity contribution in [3.63, 3.8) is 0 Å². The molecule has 0 spiro atoms. The number of nitrogens with one attached hydrogen (secondary N) is 1. The minimum Gasteiger partial charge on any atom is -0.478 e. The van der Waals surface area contributed by atoms with E-state index < -0.39 is 46.5 Å². The van der Waals surface area contributed by atoms with Crippen LogP contribution in [0.25, 0.3) is 0 Å². The van der Waals surface area contributed by atoms with Crippen LogP contribution in [0.5, 0.6) is 0 Å². The number of aromatic nitrogens is 3. The summed E-state index contributed by atoms with van der Waals surface area (Å²) in [5.74, 6) is -4.04. The van der Waals surface area contributed by atoms with E-state index in [1.165, 1.54) is 25.6 Å². The minimum absolute atomic E-state index is 0.0267. The fourth-order valence-electron chi connectivity index (χ4n) is 3.54. The average Bonchev–Trinajstić information content (AvgIpc) is 3.27. The number of pyridine rings is 1. The summed E-state index contributed by atoms with van der Waals surface area (Å²) in [5.41, 5.74) is 3.75. The lowest BCUT2D eigenvalue weighted by Gasteiger charge is -2.49. The highest BCUT2D eigenvalue weighted by molar-refractivity contribution is 9.10. The molecule has 0 aromatic carbocycles. The van der Waals surface area contributed by atoms with Crippen LogP contribution < -0.4 is 15.6 Å². The molecule has 2 aliphatic rings. The van der Waals surface area contributed by atoms with Crippen molar-refractivity contribution < 1.29 is 38.8 Å². The number of thioether (sulfide) groups is 1. The molecule has 2 aromatic rings. The van der Waals surface area contributed by atoms with Crippen LogP contribution in [0.4, 0.5) is 5.13 Å². The maximum atomic E-state index is 13.1. The summed E-state index contributed by atoms with van der Waals surface area (Å²) in [6.07, 6.45) is 3.57. The van der Waals surface area contributed by atoms with E-state index in [4.69, 9.17) is 10.6 Å². The van der Waals surface area contributed by atoms with Crippen molar-refractivity contribution in [3.8, 4) is 0 Å². The monoisotopic (exact) mass is 626 g/mol. The predicted molar refractivity (Wildman–Crippen MR) is 138 cm³/mol. The van der Waals surface area contributed by atoms with Crippen LogP contribution in [-0.4, -0.2) is 76.7 Å². The van der Waals surface area contributed by atoms with Crippen LogP contribution in [0.3, 0.4) is 0 Å². The largest absolute Gasteiger partial charge is 0.478 e. The van der Waals surface area contributed by atoms with Crippen molar-refractivity contribution in [2.24, 2.45) is 5.16 Å². The molecule has 38 heavy (non-hydrogen) atoms. The third-order valence-electron chi connectivity index (χ3n) is 5.48. The van der Waals surface area contributed by atoms with E-state index in [9.17, 15) is 29.4 Å². The molecule has 0 aliphatic carbocycles. The Morgan fingerprint density at radius 1 is 1.39 bits per heavy atom. The quantitative estimate of drug-likeness (QED) is 0.128. The van der Waals surface area contributed by atoms with Gasteiger partial charge in [-0.2, -0.15) is 13.9 Å². The van der Waals surface area contributed by atoms with Crippen molar-refractivity contribution in [2.75, 3.05) is 11.5 Å². The molecule has 5 N–H and O–H groups in total. The first-order valence-corrected chi connectivity index (χ1v) is 13.4. The minimum atomic E-state index is -1.78. The number of carbonyl (C=O) groups is 4. The molecular weight excluding hydrogens is 606 g/mol. The van der Waals surface area contributed by atoms with Crippen LogP contribution in [-0.2, 0) is 30.6 Å². The third kappa shape index (κ3) is 5.48. The van der Waals surface area contributed by atoms with E-state index in [2.05, 4.69) is 35.8 Å². The van der Waals surface area contributed by atoms with Gasteiger partial charge in [-0.3, -0.25) is 14.5 Å². The predicted octanol–water partition coefficient (Wildman–Crippen LogP) is 0.193. The van der Waals surface area contributed by atoms with Gasteiger partial charge in [0.05, 0.1) is 4.47 Å². The van der Waals surface area contributed by atoms with Gasteiger partial charge in [-0.05, 0) is 35.8 Å². The number of carboxylic acid groups (broad SMARTS) is 2. The number of nitrogens with zero attached hydrogens (tertiary/aromatic N) is 5. The highest BCUT2D eigenvalue weighted by atomic mass is 79.9. The molecular formula is C21H21BrN7O7S2+. The Morgan fingerprint density at radius 3 is 2.74 bits per heavy atom. The zero-order valence-corrected chi connectivity index (χ0v) is 23.0. The number of carboxylic acids is 2. The topological polar surface area (TPSA) is 201 Å². The molecule has 4 heterocycles. The van der Waals surface area contributed by atoms with Crippen LogP contribution in [0, 0.1) is 0 Å². The number of nitrogens with two attached hydrogens (primary N) is 1. The summed E-state index contributed by atoms with van der Waals surface area (Å²) in [5, 5.41) is 24.7. The van der Waals surface area contributed by atoms with E-state index in [1.54, 1.807) is 23.0 Å². The molecule has 1 saturated heterocycles. The molecule has 0 bridgehead atoms. The Bertz CT molecular complexity index is 1390. The number of anilines is 1. The van der Waals surface area contributed by atoms with Crippen molar-refractivity contribution in [3.05, 3.63) is 46.1 Å². The van der Waals surface area contributed by atoms with Gasteiger partial charge in [0.2, 0.25) is 17.1 Å². The number of oxime groups is 1. The number of hydrogen-bond donors (Lipinski definition) is 4. The van der Waals surface area contributed by atoms with Crippen molar-refractivity contribution in [1.29, 1.82) is 0 Å². The zero-order valence-electron chi connectivity index (χ0n) is 19.8. The second-order valence-corrected chi connectivity index (χ2v) is 11.4. The van der Waals surface area contributed by atoms with E-state index >= 15 is 0 Å². The molecule has 2 aliphatic heterocycles. The molecule has 2 amide bonds. The van der Waals surface area contributed by atoms with E-state index in [0.717, 1.165) is 20.9 Å². The van der Waals surface area contributed by atoms with Crippen molar-refractivity contribution >= 4 is 73.8 Å². The number of hydrogen-bond acceptors (Lipinski definition) is 11. The molecule has 1 fully saturated rings. The number of β-lactam (4-membered cyclic amide) rings is 1. The molecule has 14 nitrogen and oxygen atoms in total. The van der Waals surface area contributed by atoms with Crippen LogP contribution in [0.2, 0.25) is 0 Å². The van der Waals surface area contributed by atoms with Gasteiger partial charge in [-0.1, -0.05) is 5.16 Å². The molecule has 17 heteroatoms. The number of amides is 2. The maximum absolute atomic E-state index is 13.1. The van der Waals surface area contributed by atoms with Gasteiger partial charge in [0.25, 0.3) is 11.8 Å². The van der Waals surface area contributed by atoms with Crippen molar-refractivity contribution in [2.45, 2.75) is 37.4 Å². The highest BCUT2D eigenvalue weighted by Crippen LogP contribution is 2.40. The van der Waals surface area contributed by atoms with Crippen LogP contribution in [0.1, 0.15) is 19.7 Å². The number of halogens is 1. The Hall–Kier alpha value is -3.57. The Labute approximate surface area is 231 Å². The second kappa shape index (κ2) is 10.7. The Kier molecular flexibility index (Phi) is 7.70. The summed E-state index contributed by atoms with van der Waals surface area (Å²) in [7, 11) is 0. The van der Waals surface area contributed by atoms with Gasteiger partial charge in [0.1, 0.15) is 17.1 Å². The lowest BCUT2D eigenvalue weighted by Crippen LogP contribution is -2.71. The first-order chi connectivity index (χ1) is 17.9. The SMILES string of the molecule is CC(C)(O/N=C(\C(=O)N[C@@H]1C(=O)N2C(C(=O)O)=C(C[n+]3cccc(Br)c3)CS[C@@H]12)c1nsc(N)n1)C(=O)O. The van der Waals surface area contributed by atoms with Crippen molar-refractivity contribution in [1.82, 2.24) is 19.6 Å². The number of fused-ring (bicyclic) bond motifs is 1.